The van der Waals surface area contributed by atoms with Gasteiger partial charge in [0.05, 0.1) is 0 Å². The molecule has 0 radical (unpaired) electrons. The fourth-order valence-corrected chi connectivity index (χ4v) is 5.69. The van der Waals surface area contributed by atoms with Crippen LogP contribution in [0.15, 0.2) is 35.3 Å². The molecule has 0 aromatic heterocycles. The van der Waals surface area contributed by atoms with Gasteiger partial charge in [-0.1, -0.05) is 31.5 Å². The standard InChI is InChI=1S/C22H36N4OS/c1-3-23-22(25-19-9-8-12-21(15-19)28(27)4-2)24-16-18-13-14-26(17-18)20-10-6-5-7-11-20/h5-7,10-11,18-19,21H,3-4,8-9,12-17H2,1-2H3,(H2,23,24,25). The first-order valence-corrected chi connectivity index (χ1v) is 12.3. The summed E-state index contributed by atoms with van der Waals surface area (Å²) >= 11 is 0. The molecule has 3 rings (SSSR count). The summed E-state index contributed by atoms with van der Waals surface area (Å²) in [6.45, 7) is 8.05. The van der Waals surface area contributed by atoms with Crippen LogP contribution in [0.5, 0.6) is 0 Å². The monoisotopic (exact) mass is 404 g/mol. The zero-order valence-corrected chi connectivity index (χ0v) is 18.2. The van der Waals surface area contributed by atoms with E-state index in [9.17, 15) is 4.21 Å². The van der Waals surface area contributed by atoms with Crippen LogP contribution in [-0.4, -0.2) is 53.4 Å². The van der Waals surface area contributed by atoms with Gasteiger partial charge in [-0.15, -0.1) is 0 Å². The van der Waals surface area contributed by atoms with Crippen LogP contribution in [-0.2, 0) is 10.8 Å². The van der Waals surface area contributed by atoms with Crippen molar-refractivity contribution in [3.63, 3.8) is 0 Å². The first-order chi connectivity index (χ1) is 13.7. The van der Waals surface area contributed by atoms with E-state index in [-0.39, 0.29) is 0 Å². The molecule has 1 aliphatic carbocycles. The minimum atomic E-state index is -0.686. The molecule has 1 saturated heterocycles. The summed E-state index contributed by atoms with van der Waals surface area (Å²) in [5.74, 6) is 2.29. The number of rotatable bonds is 7. The molecule has 0 bridgehead atoms. The van der Waals surface area contributed by atoms with Crippen LogP contribution >= 0.6 is 0 Å². The quantitative estimate of drug-likeness (QED) is 0.541. The molecule has 1 aliphatic heterocycles. The Morgan fingerprint density at radius 2 is 2.04 bits per heavy atom. The summed E-state index contributed by atoms with van der Waals surface area (Å²) in [4.78, 5) is 7.36. The summed E-state index contributed by atoms with van der Waals surface area (Å²) in [5.41, 5.74) is 1.32. The number of guanidine groups is 1. The maximum Gasteiger partial charge on any atom is 0.191 e. The fraction of sp³-hybridized carbons (Fsp3) is 0.682. The number of benzene rings is 1. The molecule has 4 unspecified atom stereocenters. The van der Waals surface area contributed by atoms with Crippen molar-refractivity contribution in [2.45, 2.75) is 57.2 Å². The average Bonchev–Trinajstić information content (AvgIpc) is 3.21. The zero-order valence-electron chi connectivity index (χ0n) is 17.4. The lowest BCUT2D eigenvalue weighted by molar-refractivity contribution is 0.413. The van der Waals surface area contributed by atoms with Gasteiger partial charge in [0, 0.05) is 59.7 Å². The van der Waals surface area contributed by atoms with Crippen LogP contribution in [0.4, 0.5) is 5.69 Å². The number of nitrogens with zero attached hydrogens (tertiary/aromatic N) is 2. The minimum absolute atomic E-state index is 0.341. The number of para-hydroxylation sites is 1. The van der Waals surface area contributed by atoms with Crippen LogP contribution in [0.3, 0.4) is 0 Å². The molecule has 1 aromatic carbocycles. The molecule has 1 saturated carbocycles. The Balaban J connectivity index is 1.52. The highest BCUT2D eigenvalue weighted by atomic mass is 32.2. The molecule has 0 amide bonds. The highest BCUT2D eigenvalue weighted by molar-refractivity contribution is 7.85. The molecule has 2 fully saturated rings. The maximum atomic E-state index is 12.2. The predicted molar refractivity (Wildman–Crippen MR) is 121 cm³/mol. The fourth-order valence-electron chi connectivity index (χ4n) is 4.34. The molecule has 2 N–H and O–H groups in total. The normalized spacial score (nSPS) is 26.9. The zero-order chi connectivity index (χ0) is 19.8. The van der Waals surface area contributed by atoms with E-state index in [2.05, 4.69) is 52.8 Å². The number of hydrogen-bond acceptors (Lipinski definition) is 3. The molecule has 1 aromatic rings. The summed E-state index contributed by atoms with van der Waals surface area (Å²) in [5, 5.41) is 7.37. The Hall–Kier alpha value is -1.56. The summed E-state index contributed by atoms with van der Waals surface area (Å²) in [6.07, 6.45) is 5.59. The van der Waals surface area contributed by atoms with Crippen molar-refractivity contribution in [3.05, 3.63) is 30.3 Å². The topological polar surface area (TPSA) is 56.7 Å². The highest BCUT2D eigenvalue weighted by Gasteiger charge is 2.26. The largest absolute Gasteiger partial charge is 0.371 e. The van der Waals surface area contributed by atoms with Gasteiger partial charge in [0.2, 0.25) is 0 Å². The summed E-state index contributed by atoms with van der Waals surface area (Å²) in [6, 6.07) is 11.1. The van der Waals surface area contributed by atoms with Gasteiger partial charge >= 0.3 is 0 Å². The lowest BCUT2D eigenvalue weighted by Gasteiger charge is -2.30. The second-order valence-corrected chi connectivity index (χ2v) is 9.96. The molecule has 1 heterocycles. The maximum absolute atomic E-state index is 12.2. The Labute approximate surface area is 172 Å². The van der Waals surface area contributed by atoms with Crippen LogP contribution in [0.2, 0.25) is 0 Å². The first kappa shape index (κ1) is 21.2. The summed E-state index contributed by atoms with van der Waals surface area (Å²) in [7, 11) is -0.686. The van der Waals surface area contributed by atoms with Gasteiger partial charge < -0.3 is 15.5 Å². The van der Waals surface area contributed by atoms with Crippen molar-refractivity contribution in [3.8, 4) is 0 Å². The van der Waals surface area contributed by atoms with E-state index in [1.54, 1.807) is 0 Å². The average molecular weight is 405 g/mol. The van der Waals surface area contributed by atoms with Gasteiger partial charge in [0.15, 0.2) is 5.96 Å². The lowest BCUT2D eigenvalue weighted by Crippen LogP contribution is -2.46. The van der Waals surface area contributed by atoms with E-state index in [0.29, 0.717) is 17.2 Å². The summed E-state index contributed by atoms with van der Waals surface area (Å²) < 4.78 is 12.2. The van der Waals surface area contributed by atoms with Crippen LogP contribution < -0.4 is 15.5 Å². The van der Waals surface area contributed by atoms with Crippen molar-refractivity contribution in [1.29, 1.82) is 0 Å². The molecule has 156 valence electrons. The van der Waals surface area contributed by atoms with Crippen LogP contribution in [0.1, 0.15) is 46.0 Å². The molecule has 5 nitrogen and oxygen atoms in total. The third-order valence-electron chi connectivity index (χ3n) is 5.88. The number of nitrogens with one attached hydrogen (secondary N) is 2. The van der Waals surface area contributed by atoms with Crippen molar-refractivity contribution in [1.82, 2.24) is 10.6 Å². The molecular weight excluding hydrogens is 368 g/mol. The Morgan fingerprint density at radius 1 is 1.21 bits per heavy atom. The van der Waals surface area contributed by atoms with Crippen LogP contribution in [0, 0.1) is 5.92 Å². The van der Waals surface area contributed by atoms with Gasteiger partial charge in [0.1, 0.15) is 0 Å². The van der Waals surface area contributed by atoms with Crippen molar-refractivity contribution >= 4 is 22.4 Å². The Kier molecular flexibility index (Phi) is 8.19. The predicted octanol–water partition coefficient (Wildman–Crippen LogP) is 3.15. The van der Waals surface area contributed by atoms with Gasteiger partial charge in [-0.25, -0.2) is 0 Å². The van der Waals surface area contributed by atoms with Crippen molar-refractivity contribution in [2.75, 3.05) is 36.8 Å². The van der Waals surface area contributed by atoms with E-state index in [1.807, 2.05) is 6.92 Å². The van der Waals surface area contributed by atoms with Crippen molar-refractivity contribution in [2.24, 2.45) is 10.9 Å². The second-order valence-electron chi connectivity index (χ2n) is 7.96. The Bertz CT molecular complexity index is 651. The van der Waals surface area contributed by atoms with Gasteiger partial charge in [0.25, 0.3) is 0 Å². The third kappa shape index (κ3) is 5.97. The molecule has 6 heteroatoms. The van der Waals surface area contributed by atoms with E-state index in [0.717, 1.165) is 63.6 Å². The van der Waals surface area contributed by atoms with E-state index in [4.69, 9.17) is 4.99 Å². The Morgan fingerprint density at radius 3 is 2.79 bits per heavy atom. The molecule has 28 heavy (non-hydrogen) atoms. The lowest BCUT2D eigenvalue weighted by atomic mass is 9.95. The van der Waals surface area contributed by atoms with E-state index < -0.39 is 10.8 Å². The number of aliphatic imine (C=N–C) groups is 1. The third-order valence-corrected chi connectivity index (χ3v) is 7.62. The molecular formula is C22H36N4OS. The van der Waals surface area contributed by atoms with Crippen LogP contribution in [0.25, 0.3) is 0 Å². The van der Waals surface area contributed by atoms with Gasteiger partial charge in [-0.2, -0.15) is 0 Å². The molecule has 4 atom stereocenters. The SMILES string of the molecule is CCNC(=NCC1CCN(c2ccccc2)C1)NC1CCCC(S(=O)CC)C1. The van der Waals surface area contributed by atoms with E-state index >= 15 is 0 Å². The molecule has 0 spiro atoms. The molecule has 2 aliphatic rings. The van der Waals surface area contributed by atoms with Crippen molar-refractivity contribution < 1.29 is 4.21 Å². The van der Waals surface area contributed by atoms with Gasteiger partial charge in [-0.3, -0.25) is 9.20 Å². The van der Waals surface area contributed by atoms with E-state index in [1.165, 1.54) is 12.1 Å². The highest BCUT2D eigenvalue weighted by Crippen LogP contribution is 2.24. The first-order valence-electron chi connectivity index (χ1n) is 10.9. The van der Waals surface area contributed by atoms with Gasteiger partial charge in [-0.05, 0) is 50.7 Å². The minimum Gasteiger partial charge on any atom is -0.371 e. The number of hydrogen-bond donors (Lipinski definition) is 2. The second kappa shape index (κ2) is 10.8. The number of anilines is 1. The smallest absolute Gasteiger partial charge is 0.191 e.